The van der Waals surface area contributed by atoms with Crippen molar-refractivity contribution >= 4 is 52.4 Å². The lowest BCUT2D eigenvalue weighted by Gasteiger charge is -2.45. The summed E-state index contributed by atoms with van der Waals surface area (Å²) in [6, 6.07) is 12.1. The summed E-state index contributed by atoms with van der Waals surface area (Å²) in [5, 5.41) is 1.19. The molecular formula is C23H25Cl3N2. The molecule has 5 heteroatoms. The van der Waals surface area contributed by atoms with Gasteiger partial charge in [-0.05, 0) is 60.9 Å². The summed E-state index contributed by atoms with van der Waals surface area (Å²) < 4.78 is 0. The van der Waals surface area contributed by atoms with Crippen molar-refractivity contribution in [2.24, 2.45) is 10.4 Å². The number of rotatable bonds is 3. The molecule has 0 aromatic heterocycles. The summed E-state index contributed by atoms with van der Waals surface area (Å²) in [4.78, 5) is 7.00. The monoisotopic (exact) mass is 434 g/mol. The van der Waals surface area contributed by atoms with Crippen LogP contribution in [0.25, 0.3) is 0 Å². The first-order valence-electron chi connectivity index (χ1n) is 10.1. The van der Waals surface area contributed by atoms with Crippen LogP contribution in [0.5, 0.6) is 0 Å². The first-order valence-corrected chi connectivity index (χ1v) is 11.2. The van der Waals surface area contributed by atoms with Crippen molar-refractivity contribution < 1.29 is 0 Å². The second kappa shape index (κ2) is 8.65. The van der Waals surface area contributed by atoms with E-state index < -0.39 is 0 Å². The van der Waals surface area contributed by atoms with E-state index in [1.54, 1.807) is 12.1 Å². The Balaban J connectivity index is 1.39. The first-order chi connectivity index (χ1) is 13.5. The lowest BCUT2D eigenvalue weighted by atomic mass is 9.68. The van der Waals surface area contributed by atoms with Crippen LogP contribution >= 0.6 is 34.8 Å². The highest BCUT2D eigenvalue weighted by molar-refractivity contribution is 6.48. The highest BCUT2D eigenvalue weighted by atomic mass is 35.5. The Morgan fingerprint density at radius 3 is 2.04 bits per heavy atom. The van der Waals surface area contributed by atoms with Gasteiger partial charge < -0.3 is 4.90 Å². The summed E-state index contributed by atoms with van der Waals surface area (Å²) in [6.07, 6.45) is 11.7. The molecular weight excluding hydrogens is 411 g/mol. The fourth-order valence-electron chi connectivity index (χ4n) is 4.58. The molecule has 1 saturated heterocycles. The van der Waals surface area contributed by atoms with Crippen molar-refractivity contribution in [1.29, 1.82) is 0 Å². The lowest BCUT2D eigenvalue weighted by molar-refractivity contribution is 0.144. The molecule has 0 unspecified atom stereocenters. The third kappa shape index (κ3) is 4.50. The largest absolute Gasteiger partial charge is 0.371 e. The normalized spacial score (nSPS) is 19.5. The van der Waals surface area contributed by atoms with Crippen LogP contribution in [-0.2, 0) is 0 Å². The Hall–Kier alpha value is -1.22. The maximum Gasteiger partial charge on any atom is 0.0780 e. The summed E-state index contributed by atoms with van der Waals surface area (Å²) in [5.74, 6) is 0. The Bertz CT molecular complexity index is 822. The fraction of sp³-hybridized carbons (Fsp3) is 0.435. The molecule has 0 atom stereocenters. The molecule has 148 valence electrons. The zero-order valence-electron chi connectivity index (χ0n) is 15.9. The van der Waals surface area contributed by atoms with E-state index in [4.69, 9.17) is 34.8 Å². The van der Waals surface area contributed by atoms with Gasteiger partial charge in [0.05, 0.1) is 20.8 Å². The molecule has 4 rings (SSSR count). The SMILES string of the molecule is Clc1cc(N=Cc2ccc(N3CCC4(CCCCC4)CC3)cc2)cc(Cl)c1Cl. The lowest BCUT2D eigenvalue weighted by Crippen LogP contribution is -2.41. The van der Waals surface area contributed by atoms with Gasteiger partial charge in [-0.2, -0.15) is 0 Å². The molecule has 1 saturated carbocycles. The van der Waals surface area contributed by atoms with Crippen molar-refractivity contribution in [2.45, 2.75) is 44.9 Å². The van der Waals surface area contributed by atoms with E-state index in [1.807, 2.05) is 6.21 Å². The molecule has 2 fully saturated rings. The van der Waals surface area contributed by atoms with Crippen LogP contribution in [-0.4, -0.2) is 19.3 Å². The predicted octanol–water partition coefficient (Wildman–Crippen LogP) is 7.95. The maximum absolute atomic E-state index is 6.07. The summed E-state index contributed by atoms with van der Waals surface area (Å²) in [5.41, 5.74) is 3.69. The van der Waals surface area contributed by atoms with E-state index in [2.05, 4.69) is 34.2 Å². The summed E-state index contributed by atoms with van der Waals surface area (Å²) >= 11 is 18.1. The topological polar surface area (TPSA) is 15.6 Å². The molecule has 0 amide bonds. The Kier molecular flexibility index (Phi) is 6.20. The van der Waals surface area contributed by atoms with Crippen molar-refractivity contribution in [3.8, 4) is 0 Å². The number of hydrogen-bond donors (Lipinski definition) is 0. The second-order valence-electron chi connectivity index (χ2n) is 8.12. The van der Waals surface area contributed by atoms with E-state index in [-0.39, 0.29) is 0 Å². The van der Waals surface area contributed by atoms with E-state index in [0.29, 0.717) is 26.2 Å². The zero-order valence-corrected chi connectivity index (χ0v) is 18.2. The molecule has 0 N–H and O–H groups in total. The predicted molar refractivity (Wildman–Crippen MR) is 122 cm³/mol. The maximum atomic E-state index is 6.07. The molecule has 2 aromatic rings. The van der Waals surface area contributed by atoms with Crippen molar-refractivity contribution in [3.05, 3.63) is 57.0 Å². The van der Waals surface area contributed by atoms with E-state index in [9.17, 15) is 0 Å². The summed E-state index contributed by atoms with van der Waals surface area (Å²) in [6.45, 7) is 2.35. The standard InChI is InChI=1S/C23H25Cl3N2/c24-20-14-18(15-21(25)22(20)26)27-16-17-4-6-19(7-5-17)28-12-10-23(11-13-28)8-2-1-3-9-23/h4-7,14-16H,1-3,8-13H2. The molecule has 1 aliphatic heterocycles. The van der Waals surface area contributed by atoms with Crippen LogP contribution in [0.2, 0.25) is 15.1 Å². The third-order valence-electron chi connectivity index (χ3n) is 6.33. The minimum Gasteiger partial charge on any atom is -0.371 e. The molecule has 0 radical (unpaired) electrons. The van der Waals surface area contributed by atoms with Gasteiger partial charge in [-0.25, -0.2) is 0 Å². The van der Waals surface area contributed by atoms with Crippen LogP contribution in [0.1, 0.15) is 50.5 Å². The molecule has 2 aliphatic rings. The quantitative estimate of drug-likeness (QED) is 0.353. The number of aliphatic imine (C=N–C) groups is 1. The van der Waals surface area contributed by atoms with Gasteiger partial charge in [0, 0.05) is 25.0 Å². The van der Waals surface area contributed by atoms with Crippen LogP contribution in [0.15, 0.2) is 41.4 Å². The molecule has 2 nitrogen and oxygen atoms in total. The minimum absolute atomic E-state index is 0.364. The van der Waals surface area contributed by atoms with Crippen molar-refractivity contribution in [3.63, 3.8) is 0 Å². The Morgan fingerprint density at radius 1 is 0.821 bits per heavy atom. The molecule has 1 spiro atoms. The van der Waals surface area contributed by atoms with Crippen LogP contribution in [0.3, 0.4) is 0 Å². The zero-order chi connectivity index (χ0) is 19.6. The second-order valence-corrected chi connectivity index (χ2v) is 9.31. The average molecular weight is 436 g/mol. The number of nitrogens with zero attached hydrogens (tertiary/aromatic N) is 2. The van der Waals surface area contributed by atoms with E-state index in [0.717, 1.165) is 5.56 Å². The van der Waals surface area contributed by atoms with Gasteiger partial charge >= 0.3 is 0 Å². The molecule has 2 aromatic carbocycles. The van der Waals surface area contributed by atoms with Gasteiger partial charge in [0.15, 0.2) is 0 Å². The Labute approximate surface area is 182 Å². The number of anilines is 1. The third-order valence-corrected chi connectivity index (χ3v) is 7.52. The van der Waals surface area contributed by atoms with Crippen molar-refractivity contribution in [2.75, 3.05) is 18.0 Å². The molecule has 0 bridgehead atoms. The fourth-order valence-corrected chi connectivity index (χ4v) is 5.16. The highest BCUT2D eigenvalue weighted by Gasteiger charge is 2.35. The average Bonchev–Trinajstić information content (AvgIpc) is 2.72. The number of benzene rings is 2. The van der Waals surface area contributed by atoms with Crippen molar-refractivity contribution in [1.82, 2.24) is 0 Å². The number of piperidine rings is 1. The van der Waals surface area contributed by atoms with Gasteiger partial charge in [0.2, 0.25) is 0 Å². The minimum atomic E-state index is 0.364. The van der Waals surface area contributed by atoms with Gasteiger partial charge in [0.25, 0.3) is 0 Å². The van der Waals surface area contributed by atoms with E-state index >= 15 is 0 Å². The Morgan fingerprint density at radius 2 is 1.43 bits per heavy atom. The highest BCUT2D eigenvalue weighted by Crippen LogP contribution is 2.45. The van der Waals surface area contributed by atoms with Crippen LogP contribution < -0.4 is 4.90 Å². The van der Waals surface area contributed by atoms with Gasteiger partial charge in [0.1, 0.15) is 0 Å². The number of halogens is 3. The molecule has 1 aliphatic carbocycles. The van der Waals surface area contributed by atoms with Crippen LogP contribution in [0, 0.1) is 5.41 Å². The molecule has 28 heavy (non-hydrogen) atoms. The van der Waals surface area contributed by atoms with Gasteiger partial charge in [-0.15, -0.1) is 0 Å². The van der Waals surface area contributed by atoms with E-state index in [1.165, 1.54) is 63.7 Å². The molecule has 1 heterocycles. The summed E-state index contributed by atoms with van der Waals surface area (Å²) in [7, 11) is 0. The van der Waals surface area contributed by atoms with Crippen LogP contribution in [0.4, 0.5) is 11.4 Å². The van der Waals surface area contributed by atoms with Gasteiger partial charge in [-0.1, -0.05) is 66.2 Å². The number of hydrogen-bond acceptors (Lipinski definition) is 2. The smallest absolute Gasteiger partial charge is 0.0780 e. The van der Waals surface area contributed by atoms with Gasteiger partial charge in [-0.3, -0.25) is 4.99 Å². The first kappa shape index (κ1) is 20.1.